The number of hydrogen-bond donors (Lipinski definition) is 1. The minimum absolute atomic E-state index is 0.408. The Morgan fingerprint density at radius 1 is 1.10 bits per heavy atom. The van der Waals surface area contributed by atoms with Crippen LogP contribution in [0.25, 0.3) is 11.3 Å². The molecule has 5 heteroatoms. The van der Waals surface area contributed by atoms with Gasteiger partial charge in [-0.2, -0.15) is 11.8 Å². The molecule has 0 aliphatic carbocycles. The summed E-state index contributed by atoms with van der Waals surface area (Å²) < 4.78 is 6.03. The molecule has 3 rings (SSSR count). The zero-order valence-electron chi connectivity index (χ0n) is 17.0. The maximum absolute atomic E-state index is 6.03. The lowest BCUT2D eigenvalue weighted by Crippen LogP contribution is -2.01. The number of allylic oxidation sites excluding steroid dienone is 2. The summed E-state index contributed by atoms with van der Waals surface area (Å²) in [6.45, 7) is 7.95. The molecule has 0 saturated carbocycles. The lowest BCUT2D eigenvalue weighted by Gasteiger charge is -2.13. The van der Waals surface area contributed by atoms with Crippen molar-refractivity contribution in [3.05, 3.63) is 103 Å². The van der Waals surface area contributed by atoms with Gasteiger partial charge in [0.1, 0.15) is 24.5 Å². The molecule has 152 valence electrons. The molecule has 1 aromatic heterocycles. The highest BCUT2D eigenvalue weighted by Gasteiger charge is 2.09. The Labute approximate surface area is 182 Å². The quantitative estimate of drug-likeness (QED) is 0.387. The van der Waals surface area contributed by atoms with Gasteiger partial charge in [0.15, 0.2) is 0 Å². The van der Waals surface area contributed by atoms with E-state index in [4.69, 9.17) is 4.74 Å². The lowest BCUT2D eigenvalue weighted by molar-refractivity contribution is 0.357. The SMILES string of the molecule is C=C/C=C(\C=C)COc1ccccc1-c1cc(Nc2cccc(CSC)c2)ncn1. The third-order valence-electron chi connectivity index (χ3n) is 4.33. The molecule has 2 aromatic carbocycles. The Hall–Kier alpha value is -3.31. The van der Waals surface area contributed by atoms with Crippen LogP contribution in [0, 0.1) is 0 Å². The van der Waals surface area contributed by atoms with Crippen molar-refractivity contribution >= 4 is 23.3 Å². The summed E-state index contributed by atoms with van der Waals surface area (Å²) in [6, 6.07) is 18.1. The molecule has 1 N–H and O–H groups in total. The summed E-state index contributed by atoms with van der Waals surface area (Å²) >= 11 is 1.80. The molecule has 0 unspecified atom stereocenters. The van der Waals surface area contributed by atoms with Gasteiger partial charge in [0, 0.05) is 23.1 Å². The molecular formula is C25H25N3OS. The average Bonchev–Trinajstić information content (AvgIpc) is 2.77. The van der Waals surface area contributed by atoms with E-state index in [1.54, 1.807) is 30.2 Å². The zero-order chi connectivity index (χ0) is 21.2. The van der Waals surface area contributed by atoms with Crippen molar-refractivity contribution in [3.63, 3.8) is 0 Å². The highest BCUT2D eigenvalue weighted by molar-refractivity contribution is 7.97. The van der Waals surface area contributed by atoms with Crippen LogP contribution in [-0.2, 0) is 5.75 Å². The van der Waals surface area contributed by atoms with Gasteiger partial charge in [-0.15, -0.1) is 0 Å². The summed E-state index contributed by atoms with van der Waals surface area (Å²) in [5, 5.41) is 3.37. The van der Waals surface area contributed by atoms with Crippen LogP contribution in [0.5, 0.6) is 5.75 Å². The van der Waals surface area contributed by atoms with Crippen molar-refractivity contribution in [2.24, 2.45) is 0 Å². The number of nitrogens with zero attached hydrogens (tertiary/aromatic N) is 2. The van der Waals surface area contributed by atoms with Gasteiger partial charge in [-0.25, -0.2) is 9.97 Å². The first-order chi connectivity index (χ1) is 14.7. The van der Waals surface area contributed by atoms with E-state index in [-0.39, 0.29) is 0 Å². The Morgan fingerprint density at radius 3 is 2.77 bits per heavy atom. The fraction of sp³-hybridized carbons (Fsp3) is 0.120. The van der Waals surface area contributed by atoms with Gasteiger partial charge in [-0.05, 0) is 41.7 Å². The molecular weight excluding hydrogens is 390 g/mol. The second kappa shape index (κ2) is 11.0. The Kier molecular flexibility index (Phi) is 7.86. The number of rotatable bonds is 10. The van der Waals surface area contributed by atoms with E-state index in [0.717, 1.165) is 39.8 Å². The van der Waals surface area contributed by atoms with Gasteiger partial charge in [0.2, 0.25) is 0 Å². The lowest BCUT2D eigenvalue weighted by atomic mass is 10.1. The van der Waals surface area contributed by atoms with Gasteiger partial charge in [0.25, 0.3) is 0 Å². The van der Waals surface area contributed by atoms with E-state index in [1.807, 2.05) is 48.5 Å². The van der Waals surface area contributed by atoms with Gasteiger partial charge in [0.05, 0.1) is 5.69 Å². The maximum atomic E-state index is 6.03. The van der Waals surface area contributed by atoms with Crippen molar-refractivity contribution in [2.75, 3.05) is 18.2 Å². The summed E-state index contributed by atoms with van der Waals surface area (Å²) in [4.78, 5) is 8.83. The van der Waals surface area contributed by atoms with Crippen LogP contribution in [0.4, 0.5) is 11.5 Å². The highest BCUT2D eigenvalue weighted by atomic mass is 32.2. The van der Waals surface area contributed by atoms with E-state index in [9.17, 15) is 0 Å². The minimum Gasteiger partial charge on any atom is -0.488 e. The van der Waals surface area contributed by atoms with Crippen molar-refractivity contribution < 1.29 is 4.74 Å². The molecule has 1 heterocycles. The molecule has 4 nitrogen and oxygen atoms in total. The minimum atomic E-state index is 0.408. The molecule has 0 saturated heterocycles. The van der Waals surface area contributed by atoms with Crippen LogP contribution in [0.3, 0.4) is 0 Å². The molecule has 0 atom stereocenters. The van der Waals surface area contributed by atoms with Crippen LogP contribution in [0.1, 0.15) is 5.56 Å². The summed E-state index contributed by atoms with van der Waals surface area (Å²) in [5.74, 6) is 2.46. The van der Waals surface area contributed by atoms with Gasteiger partial charge >= 0.3 is 0 Å². The van der Waals surface area contributed by atoms with Gasteiger partial charge in [-0.3, -0.25) is 0 Å². The smallest absolute Gasteiger partial charge is 0.134 e. The van der Waals surface area contributed by atoms with Crippen LogP contribution >= 0.6 is 11.8 Å². The number of benzene rings is 2. The summed E-state index contributed by atoms with van der Waals surface area (Å²) in [7, 11) is 0. The second-order valence-corrected chi connectivity index (χ2v) is 7.38. The van der Waals surface area contributed by atoms with Crippen molar-refractivity contribution in [1.82, 2.24) is 9.97 Å². The predicted molar refractivity (Wildman–Crippen MR) is 128 cm³/mol. The Bertz CT molecular complexity index is 1050. The number of para-hydroxylation sites is 1. The number of anilines is 2. The Morgan fingerprint density at radius 2 is 1.97 bits per heavy atom. The third-order valence-corrected chi connectivity index (χ3v) is 4.95. The fourth-order valence-corrected chi connectivity index (χ4v) is 3.43. The number of ether oxygens (including phenoxy) is 1. The number of aromatic nitrogens is 2. The topological polar surface area (TPSA) is 47.0 Å². The maximum Gasteiger partial charge on any atom is 0.134 e. The number of nitrogens with one attached hydrogen (secondary N) is 1. The largest absolute Gasteiger partial charge is 0.488 e. The molecule has 0 aliphatic rings. The standard InChI is InChI=1S/C25H25N3OS/c1-4-9-19(5-2)16-29-24-13-7-6-12-22(24)23-15-25(27-18-26-23)28-21-11-8-10-20(14-21)17-30-3/h4-15,18H,1-2,16-17H2,3H3,(H,26,27,28)/b19-9+. The van der Waals surface area contributed by atoms with Crippen LogP contribution in [-0.4, -0.2) is 22.8 Å². The molecule has 0 spiro atoms. The second-order valence-electron chi connectivity index (χ2n) is 6.51. The third kappa shape index (κ3) is 5.84. The van der Waals surface area contributed by atoms with Gasteiger partial charge in [-0.1, -0.05) is 55.7 Å². The number of thioether (sulfide) groups is 1. The summed E-state index contributed by atoms with van der Waals surface area (Å²) in [5.41, 5.74) is 4.92. The normalized spacial score (nSPS) is 11.0. The highest BCUT2D eigenvalue weighted by Crippen LogP contribution is 2.30. The molecule has 0 fully saturated rings. The van der Waals surface area contributed by atoms with Crippen LogP contribution in [0.15, 0.2) is 97.9 Å². The molecule has 3 aromatic rings. The van der Waals surface area contributed by atoms with Crippen molar-refractivity contribution in [2.45, 2.75) is 5.75 Å². The molecule has 0 radical (unpaired) electrons. The first kappa shape index (κ1) is 21.4. The number of hydrogen-bond acceptors (Lipinski definition) is 5. The predicted octanol–water partition coefficient (Wildman–Crippen LogP) is 6.43. The fourth-order valence-electron chi connectivity index (χ4n) is 2.92. The monoisotopic (exact) mass is 415 g/mol. The summed E-state index contributed by atoms with van der Waals surface area (Å²) in [6.07, 6.45) is 9.03. The molecule has 30 heavy (non-hydrogen) atoms. The molecule has 0 amide bonds. The zero-order valence-corrected chi connectivity index (χ0v) is 17.9. The first-order valence-corrected chi connectivity index (χ1v) is 11.0. The van der Waals surface area contributed by atoms with E-state index in [0.29, 0.717) is 6.61 Å². The van der Waals surface area contributed by atoms with Crippen LogP contribution in [0.2, 0.25) is 0 Å². The van der Waals surface area contributed by atoms with Crippen molar-refractivity contribution in [1.29, 1.82) is 0 Å². The molecule has 0 bridgehead atoms. The average molecular weight is 416 g/mol. The van der Waals surface area contributed by atoms with E-state index < -0.39 is 0 Å². The Balaban J connectivity index is 1.82. The van der Waals surface area contributed by atoms with Crippen molar-refractivity contribution in [3.8, 4) is 17.0 Å². The van der Waals surface area contributed by atoms with Crippen LogP contribution < -0.4 is 10.1 Å². The van der Waals surface area contributed by atoms with Gasteiger partial charge < -0.3 is 10.1 Å². The first-order valence-electron chi connectivity index (χ1n) is 9.56. The van der Waals surface area contributed by atoms with E-state index in [2.05, 4.69) is 46.8 Å². The molecule has 0 aliphatic heterocycles. The van der Waals surface area contributed by atoms with E-state index >= 15 is 0 Å². The van der Waals surface area contributed by atoms with E-state index in [1.165, 1.54) is 5.56 Å².